The first kappa shape index (κ1) is 122. The molecular weight excluding hydrogens is 2340 g/mol. The molecule has 34 heteroatoms. The minimum Gasteiger partial charge on any atom is -1.00 e. The standard InChI is InChI=1S/4C18H15P.C16H19Cl2FN6O.C12H14BCl2FO2.C10H17ClN6O.CH2O3.2Cs.Pd.H/c4*1-4-10-16(11-5-1)19(17-12-6-2-7-13-17)18-14-8-3-9-15-18;1-26-7-6-24-2-4-25(5-3-24)16-21-15(20)14(22-23-16)11-8-10(19)9-12(17)13(11)18;1-11(2)12(3,4)18-13(17-11)8-5-7(16)6-9(14)10(8)15;1-18-7-6-16-2-4-17(5-3-16)10-13-9(12)8(11)14-15-10;2-1-4-3;;;;/h4*1-15H;8-9H,2-7H2,1H3,(H2,20,21,23);5-6H,1-4H3;2-7H2,1H3,(H2,12,13,15);1,3H;;;;/q;;;;;;;;2*+1;;-1/p-1. The van der Waals surface area contributed by atoms with Gasteiger partial charge in [0.2, 0.25) is 11.9 Å². The van der Waals surface area contributed by atoms with Crippen molar-refractivity contribution in [2.45, 2.75) is 38.9 Å². The van der Waals surface area contributed by atoms with Crippen LogP contribution < -0.4 is 233 Å². The van der Waals surface area contributed by atoms with E-state index < -0.39 is 61.6 Å². The SMILES string of the molecule is CC1(C)OB(c2cc(F)cc(Cl)c2Cl)OC1(C)C.COCCN1CCN(c2nnc(-c3cc(F)cc(Cl)c3Cl)c(N)n2)CC1.COCCN1CCN(c2nnc(Cl)c(N)n2)CC1.O=CO[O-].[Cs+].[Cs+].[H-].[Pd].c1ccc(P(c2ccccc2)c2ccccc2)cc1.c1ccc(P(c2ccccc2)c2ccccc2)cc1.c1ccc(P(c2ccccc2)c2ccccc2)cc1.c1ccc(P(c2ccccc2)c2ccccc2)cc1. The van der Waals surface area contributed by atoms with Crippen molar-refractivity contribution in [1.29, 1.82) is 0 Å². The van der Waals surface area contributed by atoms with Crippen LogP contribution in [0.15, 0.2) is 388 Å². The van der Waals surface area contributed by atoms with Crippen LogP contribution in [0, 0.1) is 11.6 Å². The number of hydrogen-bond donors (Lipinski definition) is 2. The first-order valence-corrected chi connectivity index (χ1v) is 53.1. The smallest absolute Gasteiger partial charge is 1.00 e. The van der Waals surface area contributed by atoms with E-state index in [1.165, 1.54) is 81.9 Å². The minimum atomic E-state index is -0.712. The number of benzene rings is 14. The van der Waals surface area contributed by atoms with E-state index >= 15 is 0 Å². The van der Waals surface area contributed by atoms with Gasteiger partial charge in [-0.3, -0.25) is 14.6 Å². The molecular formula is C111H112BCl5Cs2F2N12O7P4Pd. The molecule has 0 atom stereocenters. The summed E-state index contributed by atoms with van der Waals surface area (Å²) >= 11 is 29.7. The van der Waals surface area contributed by atoms with E-state index in [2.05, 4.69) is 414 Å². The quantitative estimate of drug-likeness (QED) is 0.0151. The number of halogens is 7. The van der Waals surface area contributed by atoms with Gasteiger partial charge in [0.05, 0.1) is 44.5 Å². The molecule has 0 saturated carbocycles. The van der Waals surface area contributed by atoms with E-state index in [1.54, 1.807) is 14.2 Å². The second-order valence-electron chi connectivity index (χ2n) is 33.0. The molecule has 0 bridgehead atoms. The van der Waals surface area contributed by atoms with Crippen LogP contribution in [0.1, 0.15) is 29.1 Å². The second kappa shape index (κ2) is 64.9. The van der Waals surface area contributed by atoms with Crippen LogP contribution in [0.3, 0.4) is 0 Å². The normalized spacial score (nSPS) is 13.2. The molecule has 3 fully saturated rings. The van der Waals surface area contributed by atoms with E-state index in [4.69, 9.17) is 98.3 Å². The Hall–Kier alpha value is -6.65. The molecule has 19 nitrogen and oxygen atoms in total. The summed E-state index contributed by atoms with van der Waals surface area (Å²) in [6.45, 7) is 17.7. The Morgan fingerprint density at radius 2 is 0.614 bits per heavy atom. The zero-order valence-electron chi connectivity index (χ0n) is 82.8. The van der Waals surface area contributed by atoms with Crippen LogP contribution in [-0.2, 0) is 48.9 Å². The van der Waals surface area contributed by atoms with Gasteiger partial charge in [0.15, 0.2) is 16.8 Å². The van der Waals surface area contributed by atoms with Crippen LogP contribution >= 0.6 is 89.7 Å². The number of nitrogens with zero attached hydrogens (tertiary/aromatic N) is 10. The molecule has 0 amide bonds. The fraction of sp³-hybridized carbons (Fsp3) is 0.180. The van der Waals surface area contributed by atoms with Crippen molar-refractivity contribution in [2.24, 2.45) is 0 Å². The van der Waals surface area contributed by atoms with Crippen LogP contribution in [-0.4, -0.2) is 158 Å². The number of nitrogens with two attached hydrogens (primary N) is 2. The second-order valence-corrected chi connectivity index (χ2v) is 43.8. The molecule has 19 rings (SSSR count). The molecule has 14 aromatic carbocycles. The number of carbonyl (C=O) groups excluding carboxylic acids is 1. The third-order valence-electron chi connectivity index (χ3n) is 22.9. The van der Waals surface area contributed by atoms with Crippen molar-refractivity contribution in [3.63, 3.8) is 0 Å². The molecule has 5 heterocycles. The maximum atomic E-state index is 13.6. The molecule has 742 valence electrons. The van der Waals surface area contributed by atoms with Crippen molar-refractivity contribution in [1.82, 2.24) is 40.2 Å². The molecule has 2 aromatic heterocycles. The van der Waals surface area contributed by atoms with Crippen molar-refractivity contribution < 1.29 is 202 Å². The summed E-state index contributed by atoms with van der Waals surface area (Å²) in [5, 5.41) is 42.0. The number of piperazine rings is 2. The minimum absolute atomic E-state index is 0. The van der Waals surface area contributed by atoms with E-state index in [0.717, 1.165) is 78.1 Å². The number of aromatic nitrogens is 6. The van der Waals surface area contributed by atoms with E-state index in [9.17, 15) is 8.78 Å². The van der Waals surface area contributed by atoms with Crippen molar-refractivity contribution in [3.05, 3.63) is 425 Å². The Morgan fingerprint density at radius 3 is 0.848 bits per heavy atom. The summed E-state index contributed by atoms with van der Waals surface area (Å²) in [6.07, 6.45) is 0. The molecule has 0 radical (unpaired) electrons. The number of rotatable bonds is 23. The van der Waals surface area contributed by atoms with Gasteiger partial charge in [0, 0.05) is 111 Å². The van der Waals surface area contributed by atoms with Gasteiger partial charge in [-0.1, -0.05) is 422 Å². The van der Waals surface area contributed by atoms with Gasteiger partial charge in [0.25, 0.3) is 6.47 Å². The van der Waals surface area contributed by atoms with E-state index in [-0.39, 0.29) is 214 Å². The van der Waals surface area contributed by atoms with Gasteiger partial charge in [-0.2, -0.15) is 9.97 Å². The number of anilines is 4. The first-order valence-electron chi connectivity index (χ1n) is 45.8. The zero-order valence-corrected chi connectivity index (χ0v) is 103. The first-order chi connectivity index (χ1) is 69.0. The van der Waals surface area contributed by atoms with Crippen LogP contribution in [0.5, 0.6) is 0 Å². The molecule has 0 spiro atoms. The summed E-state index contributed by atoms with van der Waals surface area (Å²) in [7, 11) is 0.911. The van der Waals surface area contributed by atoms with Crippen LogP contribution in [0.4, 0.5) is 32.3 Å². The average Bonchev–Trinajstić information content (AvgIpc) is 1.60. The van der Waals surface area contributed by atoms with Gasteiger partial charge in [0.1, 0.15) is 17.3 Å². The van der Waals surface area contributed by atoms with Crippen LogP contribution in [0.2, 0.25) is 25.2 Å². The number of nitrogen functional groups attached to an aromatic ring is 2. The predicted octanol–water partition coefficient (Wildman–Crippen LogP) is 12.0. The Balaban J connectivity index is 0.000000206. The summed E-state index contributed by atoms with van der Waals surface area (Å²) in [6, 6.07) is 134. The maximum absolute atomic E-state index is 13.6. The molecule has 4 N–H and O–H groups in total. The Bertz CT molecular complexity index is 5590. The fourth-order valence-electron chi connectivity index (χ4n) is 15.0. The van der Waals surface area contributed by atoms with Gasteiger partial charge in [-0.25, -0.2) is 8.78 Å². The van der Waals surface area contributed by atoms with Crippen molar-refractivity contribution in [2.75, 3.05) is 114 Å². The molecule has 3 aliphatic heterocycles. The van der Waals surface area contributed by atoms with Gasteiger partial charge in [-0.15, -0.1) is 20.4 Å². The van der Waals surface area contributed by atoms with Crippen molar-refractivity contribution >= 4 is 196 Å². The van der Waals surface area contributed by atoms with E-state index in [1.807, 2.05) is 32.6 Å². The summed E-state index contributed by atoms with van der Waals surface area (Å²) in [5.74, 6) is 0.337. The summed E-state index contributed by atoms with van der Waals surface area (Å²) in [5.41, 5.74) is 11.5. The monoisotopic (exact) mass is 2440 g/mol. The number of ether oxygens (including phenoxy) is 2. The van der Waals surface area contributed by atoms with Gasteiger partial charge in [-0.05, 0) is 147 Å². The Kier molecular flexibility index (Phi) is 54.5. The summed E-state index contributed by atoms with van der Waals surface area (Å²) in [4.78, 5) is 28.4. The third-order valence-corrected chi connectivity index (χ3v) is 34.5. The Labute approximate surface area is 1010 Å². The maximum Gasteiger partial charge on any atom is 1.00 e. The molecule has 16 aromatic rings. The molecule has 3 aliphatic rings. The molecule has 0 unspecified atom stereocenters. The average molecular weight is 2450 g/mol. The van der Waals surface area contributed by atoms with Crippen LogP contribution in [0.25, 0.3) is 11.3 Å². The number of hydrogen-bond acceptors (Lipinski definition) is 19. The van der Waals surface area contributed by atoms with Crippen molar-refractivity contribution in [3.8, 4) is 11.3 Å². The molecule has 145 heavy (non-hydrogen) atoms. The topological polar surface area (TPSA) is 229 Å². The molecule has 0 aliphatic carbocycles. The largest absolute Gasteiger partial charge is 1.00 e. The van der Waals surface area contributed by atoms with Gasteiger partial charge < -0.3 is 51.6 Å². The number of carbonyl (C=O) groups is 1. The Morgan fingerprint density at radius 1 is 0.379 bits per heavy atom. The van der Waals surface area contributed by atoms with Gasteiger partial charge >= 0.3 is 145 Å². The summed E-state index contributed by atoms with van der Waals surface area (Å²) < 4.78 is 48.8. The fourth-order valence-corrected chi connectivity index (χ4v) is 25.2. The molecule has 3 saturated heterocycles. The predicted molar refractivity (Wildman–Crippen MR) is 591 cm³/mol. The zero-order chi connectivity index (χ0) is 100. The third kappa shape index (κ3) is 37.4. The number of methoxy groups -OCH3 is 2. The van der Waals surface area contributed by atoms with E-state index in [0.29, 0.717) is 24.0 Å².